The fourth-order valence-electron chi connectivity index (χ4n) is 22.7. The molecule has 144 heavy (non-hydrogen) atoms. The van der Waals surface area contributed by atoms with Gasteiger partial charge in [0.05, 0.1) is 83.3 Å². The molecule has 0 bridgehead atoms. The van der Waals surface area contributed by atoms with Crippen molar-refractivity contribution in [1.29, 1.82) is 0 Å². The first kappa shape index (κ1) is 82.9. The quantitative estimate of drug-likeness (QED) is 0.115. The van der Waals surface area contributed by atoms with Crippen LogP contribution in [0.15, 0.2) is 528 Å². The minimum Gasteiger partial charge on any atom is -0.309 e. The second kappa shape index (κ2) is 34.4. The van der Waals surface area contributed by atoms with Gasteiger partial charge in [-0.15, -0.1) is 0 Å². The Bertz CT molecular complexity index is 10200. The van der Waals surface area contributed by atoms with Crippen LogP contribution in [0.5, 0.6) is 0 Å². The predicted molar refractivity (Wildman–Crippen MR) is 603 cm³/mol. The van der Waals surface area contributed by atoms with Crippen molar-refractivity contribution in [1.82, 2.24) is 41.9 Å². The van der Waals surface area contributed by atoms with Crippen LogP contribution < -0.4 is 0 Å². The summed E-state index contributed by atoms with van der Waals surface area (Å²) in [6, 6.07) is 189. The zero-order chi connectivity index (χ0) is 94.8. The molecule has 0 aliphatic carbocycles. The van der Waals surface area contributed by atoms with Crippen LogP contribution in [0.2, 0.25) is 0 Å². The molecule has 9 heterocycles. The Hall–Kier alpha value is -19.4. The number of pyridine rings is 3. The highest BCUT2D eigenvalue weighted by Crippen LogP contribution is 2.51. The number of aromatic nitrogens is 9. The Kier molecular flexibility index (Phi) is 19.8. The van der Waals surface area contributed by atoms with Crippen LogP contribution >= 0.6 is 0 Å². The minimum atomic E-state index is 0.931. The number of rotatable bonds is 12. The highest BCUT2D eigenvalue weighted by molar-refractivity contribution is 6.33. The van der Waals surface area contributed by atoms with Gasteiger partial charge >= 0.3 is 0 Å². The molecule has 0 fully saturated rings. The van der Waals surface area contributed by atoms with E-state index in [9.17, 15) is 0 Å². The third-order valence-corrected chi connectivity index (χ3v) is 29.1. The standard InChI is InChI=1S/3C45H29N3/c1-4-14-30(15-5-1)31-24-26-33(27-25-31)45-46-43(32-16-6-2-7-17-32)44-39-28-38-36-21-11-12-22-40(36)47(34-18-8-3-9-19-34)42(38)29-37(39)35-20-10-13-23-41(35)48(44)45;1-4-14-30(15-5-1)31-24-26-33(27-25-31)45-46-42(32-16-6-2-7-17-32)44-41-37(35-20-10-13-23-40(35)48(44)45)28-29-38-36-21-11-12-22-39(36)47(43(38)41)34-18-8-3-9-19-34;1-4-14-30(15-5-1)31-24-26-33(27-25-31)45-46-43(32-16-6-2-7-17-32)44-42-36(35-20-10-12-22-38(35)48(44)45)28-29-40-41(42)37-21-11-13-23-39(37)47(40)34-18-8-3-9-19-34/h3*1-29H. The molecule has 0 radical (unpaired) electrons. The molecule has 0 N–H and O–H groups in total. The Labute approximate surface area is 829 Å². The second-order valence-electron chi connectivity index (χ2n) is 37.1. The maximum atomic E-state index is 5.55. The monoisotopic (exact) mass is 1830 g/mol. The number of para-hydroxylation sites is 9. The van der Waals surface area contributed by atoms with Crippen LogP contribution in [-0.2, 0) is 0 Å². The summed E-state index contributed by atoms with van der Waals surface area (Å²) in [6.45, 7) is 0. The number of fused-ring (bicyclic) bond motifs is 29. The van der Waals surface area contributed by atoms with Crippen LogP contribution in [0.4, 0.5) is 0 Å². The molecule has 0 amide bonds. The molecule has 0 aliphatic rings. The van der Waals surface area contributed by atoms with Crippen molar-refractivity contribution in [3.05, 3.63) is 528 Å². The fourth-order valence-corrected chi connectivity index (χ4v) is 22.7. The SMILES string of the molecule is c1ccc(-c2ccc(-c3nc(-c4ccccc4)c4c5c(ccc6c5c5ccccc5n6-c5ccccc5)c5ccccc5n34)cc2)cc1.c1ccc(-c2ccc(-c3nc(-c4ccccc4)c4c5c(ccc6c7ccccc7n(-c7ccccc7)c65)c5ccccc5n34)cc2)cc1.c1ccc(-c2ccc(-c3nc(-c4ccccc4)c4c5cc6c7ccccc7n(-c7ccccc7)c6cc5c5ccccc5n34)cc2)cc1. The molecular formula is C135H87N9. The van der Waals surface area contributed by atoms with Crippen LogP contribution in [0.25, 0.3) is 265 Å². The van der Waals surface area contributed by atoms with E-state index in [0.29, 0.717) is 0 Å². The molecule has 0 saturated heterocycles. The van der Waals surface area contributed by atoms with Crippen molar-refractivity contribution in [2.75, 3.05) is 0 Å². The number of hydrogen-bond donors (Lipinski definition) is 0. The summed E-state index contributed by atoms with van der Waals surface area (Å²) in [5.41, 5.74) is 34.0. The van der Waals surface area contributed by atoms with Gasteiger partial charge in [-0.2, -0.15) is 0 Å². The average molecular weight is 1840 g/mol. The zero-order valence-electron chi connectivity index (χ0n) is 78.3. The van der Waals surface area contributed by atoms with E-state index < -0.39 is 0 Å². The molecule has 30 aromatic rings. The summed E-state index contributed by atoms with van der Waals surface area (Å²) in [4.78, 5) is 16.6. The summed E-state index contributed by atoms with van der Waals surface area (Å²) < 4.78 is 14.4. The van der Waals surface area contributed by atoms with E-state index in [2.05, 4.69) is 555 Å². The van der Waals surface area contributed by atoms with E-state index in [1.54, 1.807) is 0 Å². The normalized spacial score (nSPS) is 11.8. The fraction of sp³-hybridized carbons (Fsp3) is 0. The van der Waals surface area contributed by atoms with Gasteiger partial charge in [-0.3, -0.25) is 13.2 Å². The van der Waals surface area contributed by atoms with E-state index in [-0.39, 0.29) is 0 Å². The van der Waals surface area contributed by atoms with Crippen molar-refractivity contribution in [2.24, 2.45) is 0 Å². The molecule has 9 heteroatoms. The third-order valence-electron chi connectivity index (χ3n) is 29.1. The van der Waals surface area contributed by atoms with Crippen molar-refractivity contribution in [3.8, 4) is 118 Å². The minimum absolute atomic E-state index is 0.931. The van der Waals surface area contributed by atoms with Crippen molar-refractivity contribution < 1.29 is 0 Å². The molecule has 0 aliphatic heterocycles. The van der Waals surface area contributed by atoms with Crippen molar-refractivity contribution in [3.63, 3.8) is 0 Å². The van der Waals surface area contributed by atoms with Crippen LogP contribution in [0, 0.1) is 0 Å². The molecular weight excluding hydrogens is 1750 g/mol. The molecule has 0 spiro atoms. The van der Waals surface area contributed by atoms with Gasteiger partial charge in [-0.25, -0.2) is 15.0 Å². The maximum absolute atomic E-state index is 5.55. The van der Waals surface area contributed by atoms with Crippen LogP contribution in [-0.4, -0.2) is 41.9 Å². The van der Waals surface area contributed by atoms with E-state index in [1.165, 1.54) is 147 Å². The predicted octanol–water partition coefficient (Wildman–Crippen LogP) is 35.2. The molecule has 9 nitrogen and oxygen atoms in total. The number of nitrogens with zero attached hydrogens (tertiary/aromatic N) is 9. The van der Waals surface area contributed by atoms with E-state index in [1.807, 2.05) is 0 Å². The molecule has 21 aromatic carbocycles. The summed E-state index contributed by atoms with van der Waals surface area (Å²) in [7, 11) is 0. The molecule has 0 saturated carbocycles. The topological polar surface area (TPSA) is 66.7 Å². The molecule has 672 valence electrons. The Morgan fingerprint density at radius 1 is 0.125 bits per heavy atom. The Morgan fingerprint density at radius 2 is 0.389 bits per heavy atom. The van der Waals surface area contributed by atoms with Crippen molar-refractivity contribution >= 4 is 147 Å². The molecule has 0 atom stereocenters. The lowest BCUT2D eigenvalue weighted by molar-refractivity contribution is 1.18. The largest absolute Gasteiger partial charge is 0.309 e. The first-order valence-electron chi connectivity index (χ1n) is 49.2. The zero-order valence-corrected chi connectivity index (χ0v) is 78.3. The lowest BCUT2D eigenvalue weighted by Crippen LogP contribution is -1.98. The van der Waals surface area contributed by atoms with E-state index in [0.717, 1.165) is 118 Å². The van der Waals surface area contributed by atoms with Crippen molar-refractivity contribution in [2.45, 2.75) is 0 Å². The van der Waals surface area contributed by atoms with Gasteiger partial charge in [0.2, 0.25) is 0 Å². The molecule has 9 aromatic heterocycles. The van der Waals surface area contributed by atoms with E-state index >= 15 is 0 Å². The summed E-state index contributed by atoms with van der Waals surface area (Å²) >= 11 is 0. The van der Waals surface area contributed by atoms with E-state index in [4.69, 9.17) is 15.0 Å². The van der Waals surface area contributed by atoms with Gasteiger partial charge in [-0.05, 0) is 141 Å². The smallest absolute Gasteiger partial charge is 0.145 e. The van der Waals surface area contributed by atoms with Gasteiger partial charge in [-0.1, -0.05) is 437 Å². The number of hydrogen-bond acceptors (Lipinski definition) is 3. The maximum Gasteiger partial charge on any atom is 0.145 e. The first-order valence-corrected chi connectivity index (χ1v) is 49.2. The lowest BCUT2D eigenvalue weighted by Gasteiger charge is -2.15. The van der Waals surface area contributed by atoms with Gasteiger partial charge in [0.15, 0.2) is 0 Å². The van der Waals surface area contributed by atoms with Crippen LogP contribution in [0.3, 0.4) is 0 Å². The summed E-state index contributed by atoms with van der Waals surface area (Å²) in [6.07, 6.45) is 0. The summed E-state index contributed by atoms with van der Waals surface area (Å²) in [5.74, 6) is 2.81. The van der Waals surface area contributed by atoms with Gasteiger partial charge < -0.3 is 13.7 Å². The molecule has 30 rings (SSSR count). The highest BCUT2D eigenvalue weighted by atomic mass is 15.1. The number of imidazole rings is 3. The number of benzene rings is 21. The lowest BCUT2D eigenvalue weighted by atomic mass is 9.98. The first-order chi connectivity index (χ1) is 71.5. The Balaban J connectivity index is 0.000000105. The Morgan fingerprint density at radius 3 is 0.799 bits per heavy atom. The highest BCUT2D eigenvalue weighted by Gasteiger charge is 2.30. The average Bonchev–Trinajstić information content (AvgIpc) is 1.54. The van der Waals surface area contributed by atoms with Gasteiger partial charge in [0.25, 0.3) is 0 Å². The molecule has 0 unspecified atom stereocenters. The van der Waals surface area contributed by atoms with Crippen LogP contribution in [0.1, 0.15) is 0 Å². The van der Waals surface area contributed by atoms with Gasteiger partial charge in [0, 0.05) is 115 Å². The second-order valence-corrected chi connectivity index (χ2v) is 37.1. The summed E-state index contributed by atoms with van der Waals surface area (Å²) in [5, 5.41) is 18.3. The van der Waals surface area contributed by atoms with Gasteiger partial charge in [0.1, 0.15) is 17.5 Å². The third kappa shape index (κ3) is 13.5.